The van der Waals surface area contributed by atoms with E-state index in [4.69, 9.17) is 4.74 Å². The van der Waals surface area contributed by atoms with Gasteiger partial charge in [0.1, 0.15) is 5.54 Å². The van der Waals surface area contributed by atoms with Gasteiger partial charge in [0.15, 0.2) is 5.54 Å². The van der Waals surface area contributed by atoms with Gasteiger partial charge in [-0.25, -0.2) is 9.79 Å². The number of esters is 1. The normalized spacial score (nSPS) is 21.4. The van der Waals surface area contributed by atoms with Crippen LogP contribution in [0.1, 0.15) is 39.7 Å². The molecule has 1 aromatic rings. The summed E-state index contributed by atoms with van der Waals surface area (Å²) in [6.07, 6.45) is -5.10. The quantitative estimate of drug-likeness (QED) is 0.698. The number of benzene rings is 1. The van der Waals surface area contributed by atoms with Crippen LogP contribution in [-0.4, -0.2) is 40.8 Å². The molecule has 0 spiro atoms. The molecule has 1 amide bonds. The maximum absolute atomic E-state index is 13.0. The summed E-state index contributed by atoms with van der Waals surface area (Å²) in [4.78, 5) is 40.9. The van der Waals surface area contributed by atoms with E-state index >= 15 is 0 Å². The predicted octanol–water partition coefficient (Wildman–Crippen LogP) is 3.00. The highest BCUT2D eigenvalue weighted by Crippen LogP contribution is 2.29. The molecule has 0 saturated heterocycles. The van der Waals surface area contributed by atoms with E-state index in [-0.39, 0.29) is 18.8 Å². The molecule has 2 rings (SSSR count). The van der Waals surface area contributed by atoms with Gasteiger partial charge < -0.3 is 10.1 Å². The summed E-state index contributed by atoms with van der Waals surface area (Å²) in [5.41, 5.74) is -2.54. The second kappa shape index (κ2) is 7.96. The van der Waals surface area contributed by atoms with Crippen molar-refractivity contribution in [1.82, 2.24) is 5.32 Å². The molecule has 29 heavy (non-hydrogen) atoms. The van der Waals surface area contributed by atoms with Gasteiger partial charge in [0.05, 0.1) is 0 Å². The highest BCUT2D eigenvalue weighted by atomic mass is 19.4. The van der Waals surface area contributed by atoms with Crippen molar-refractivity contribution in [2.45, 2.75) is 57.8 Å². The summed E-state index contributed by atoms with van der Waals surface area (Å²) in [5, 5.41) is 1.75. The van der Waals surface area contributed by atoms with Crippen LogP contribution in [0.4, 0.5) is 13.2 Å². The number of ether oxygens (including phenoxy) is 1. The van der Waals surface area contributed by atoms with E-state index in [2.05, 4.69) is 4.99 Å². The Bertz CT molecular complexity index is 836. The summed E-state index contributed by atoms with van der Waals surface area (Å²) in [6.45, 7) is 6.03. The molecule has 0 radical (unpaired) electrons. The first-order valence-electron chi connectivity index (χ1n) is 9.07. The lowest BCUT2D eigenvalue weighted by molar-refractivity contribution is -0.176. The van der Waals surface area contributed by atoms with Crippen molar-refractivity contribution < 1.29 is 32.3 Å². The number of aliphatic imine (C=N–C) groups is 1. The SMILES string of the molecule is CC(C)CC(C)(NC(=O)C(F)(F)F)C(=O)C1=NC(C)(Cc2ccccc2)C(=O)O1. The number of carbonyl (C=O) groups excluding carboxylic acids is 3. The number of halogens is 3. The summed E-state index contributed by atoms with van der Waals surface area (Å²) in [6, 6.07) is 8.92. The van der Waals surface area contributed by atoms with Gasteiger partial charge in [-0.3, -0.25) is 9.59 Å². The summed E-state index contributed by atoms with van der Waals surface area (Å²) in [7, 11) is 0. The first-order valence-corrected chi connectivity index (χ1v) is 9.07. The number of carbonyl (C=O) groups is 3. The smallest absolute Gasteiger partial charge is 0.402 e. The second-order valence-corrected chi connectivity index (χ2v) is 7.95. The number of cyclic esters (lactones) is 1. The maximum Gasteiger partial charge on any atom is 0.471 e. The molecule has 0 aliphatic carbocycles. The Balaban J connectivity index is 2.33. The molecule has 0 fully saturated rings. The molecule has 1 N–H and O–H groups in total. The number of ketones is 1. The van der Waals surface area contributed by atoms with E-state index in [1.54, 1.807) is 49.5 Å². The molecule has 2 atom stereocenters. The minimum absolute atomic E-state index is 0.0976. The van der Waals surface area contributed by atoms with Crippen LogP contribution in [0.15, 0.2) is 35.3 Å². The van der Waals surface area contributed by atoms with E-state index in [1.165, 1.54) is 13.8 Å². The molecule has 1 aliphatic rings. The van der Waals surface area contributed by atoms with E-state index in [9.17, 15) is 27.6 Å². The van der Waals surface area contributed by atoms with Gasteiger partial charge in [-0.1, -0.05) is 44.2 Å². The number of hydrogen-bond acceptors (Lipinski definition) is 5. The third-order valence-corrected chi connectivity index (χ3v) is 4.53. The molecule has 0 bridgehead atoms. The van der Waals surface area contributed by atoms with E-state index in [0.717, 1.165) is 5.56 Å². The lowest BCUT2D eigenvalue weighted by Gasteiger charge is -2.30. The monoisotopic (exact) mass is 412 g/mol. The Labute approximate surface area is 166 Å². The third kappa shape index (κ3) is 5.21. The summed E-state index contributed by atoms with van der Waals surface area (Å²) >= 11 is 0. The first kappa shape index (κ1) is 22.6. The molecular weight excluding hydrogens is 389 g/mol. The fraction of sp³-hybridized carbons (Fsp3) is 0.500. The largest absolute Gasteiger partial charge is 0.471 e. The fourth-order valence-corrected chi connectivity index (χ4v) is 3.27. The van der Waals surface area contributed by atoms with Gasteiger partial charge in [-0.2, -0.15) is 13.2 Å². The number of hydrogen-bond donors (Lipinski definition) is 1. The number of amides is 1. The zero-order valence-corrected chi connectivity index (χ0v) is 16.6. The number of rotatable bonds is 7. The van der Waals surface area contributed by atoms with Gasteiger partial charge in [0.2, 0.25) is 5.78 Å². The van der Waals surface area contributed by atoms with E-state index < -0.39 is 40.8 Å². The molecular formula is C20H23F3N2O4. The Kier molecular flexibility index (Phi) is 6.20. The van der Waals surface area contributed by atoms with Crippen LogP contribution < -0.4 is 5.32 Å². The van der Waals surface area contributed by atoms with Gasteiger partial charge in [-0.05, 0) is 31.7 Å². The molecule has 1 heterocycles. The molecule has 1 aromatic carbocycles. The molecule has 9 heteroatoms. The summed E-state index contributed by atoms with van der Waals surface area (Å²) < 4.78 is 43.3. The zero-order chi connectivity index (χ0) is 22.0. The van der Waals surface area contributed by atoms with Crippen LogP contribution in [0.3, 0.4) is 0 Å². The highest BCUT2D eigenvalue weighted by molar-refractivity contribution is 6.43. The minimum Gasteiger partial charge on any atom is -0.402 e. The Morgan fingerprint density at radius 2 is 1.79 bits per heavy atom. The van der Waals surface area contributed by atoms with Crippen molar-refractivity contribution in [2.24, 2.45) is 10.9 Å². The Morgan fingerprint density at radius 1 is 1.21 bits per heavy atom. The second-order valence-electron chi connectivity index (χ2n) is 7.95. The van der Waals surface area contributed by atoms with Crippen LogP contribution in [0.5, 0.6) is 0 Å². The topological polar surface area (TPSA) is 84.8 Å². The average Bonchev–Trinajstić information content (AvgIpc) is 2.88. The summed E-state index contributed by atoms with van der Waals surface area (Å²) in [5.74, 6) is -4.83. The van der Waals surface area contributed by atoms with Crippen LogP contribution in [0.2, 0.25) is 0 Å². The van der Waals surface area contributed by atoms with Crippen molar-refractivity contribution in [2.75, 3.05) is 0 Å². The zero-order valence-electron chi connectivity index (χ0n) is 16.6. The van der Waals surface area contributed by atoms with E-state index in [0.29, 0.717) is 0 Å². The molecule has 1 aliphatic heterocycles. The molecule has 6 nitrogen and oxygen atoms in total. The van der Waals surface area contributed by atoms with Gasteiger partial charge >= 0.3 is 18.1 Å². The van der Waals surface area contributed by atoms with Crippen molar-refractivity contribution in [3.8, 4) is 0 Å². The molecule has 0 aromatic heterocycles. The predicted molar refractivity (Wildman–Crippen MR) is 99.1 cm³/mol. The minimum atomic E-state index is -5.16. The number of nitrogens with zero attached hydrogens (tertiary/aromatic N) is 1. The van der Waals surface area contributed by atoms with E-state index in [1.807, 2.05) is 0 Å². The number of alkyl halides is 3. The lowest BCUT2D eigenvalue weighted by Crippen LogP contribution is -2.58. The average molecular weight is 412 g/mol. The maximum atomic E-state index is 13.0. The van der Waals surface area contributed by atoms with Crippen molar-refractivity contribution >= 4 is 23.6 Å². The van der Waals surface area contributed by atoms with Crippen LogP contribution in [0, 0.1) is 5.92 Å². The van der Waals surface area contributed by atoms with Crippen LogP contribution in [0.25, 0.3) is 0 Å². The van der Waals surface area contributed by atoms with Gasteiger partial charge in [-0.15, -0.1) is 0 Å². The van der Waals surface area contributed by atoms with Gasteiger partial charge in [0, 0.05) is 6.42 Å². The van der Waals surface area contributed by atoms with Crippen molar-refractivity contribution in [3.05, 3.63) is 35.9 Å². The highest BCUT2D eigenvalue weighted by Gasteiger charge is 2.50. The molecule has 0 saturated carbocycles. The lowest BCUT2D eigenvalue weighted by atomic mass is 9.86. The van der Waals surface area contributed by atoms with Crippen LogP contribution >= 0.6 is 0 Å². The number of Topliss-reactive ketones (excluding diaryl/α,β-unsaturated/α-hetero) is 1. The molecule has 158 valence electrons. The third-order valence-electron chi connectivity index (χ3n) is 4.53. The first-order chi connectivity index (χ1) is 13.3. The Hall–Kier alpha value is -2.71. The fourth-order valence-electron chi connectivity index (χ4n) is 3.27. The number of nitrogens with one attached hydrogen (secondary N) is 1. The van der Waals surface area contributed by atoms with Crippen molar-refractivity contribution in [1.29, 1.82) is 0 Å². The Morgan fingerprint density at radius 3 is 2.31 bits per heavy atom. The molecule has 2 unspecified atom stereocenters. The van der Waals surface area contributed by atoms with Crippen LogP contribution in [-0.2, 0) is 25.5 Å². The van der Waals surface area contributed by atoms with Gasteiger partial charge in [0.25, 0.3) is 5.90 Å². The standard InChI is InChI=1S/C20H23F3N2O4/c1-12(2)10-18(3,25-16(27)20(21,22)23)14(26)15-24-19(4,17(28)29-15)11-13-8-6-5-7-9-13/h5-9,12H,10-11H2,1-4H3,(H,25,27). The van der Waals surface area contributed by atoms with Crippen molar-refractivity contribution in [3.63, 3.8) is 0 Å².